The summed E-state index contributed by atoms with van der Waals surface area (Å²) in [5.41, 5.74) is 6.42. The lowest BCUT2D eigenvalue weighted by atomic mass is 10.1. The molecule has 0 spiro atoms. The molecule has 0 saturated heterocycles. The summed E-state index contributed by atoms with van der Waals surface area (Å²) < 4.78 is 6.11. The highest BCUT2D eigenvalue weighted by Gasteiger charge is 2.32. The molecule has 3 rings (SSSR count). The number of carbonyl (C=O) groups is 3. The zero-order valence-electron chi connectivity index (χ0n) is 13.6. The Morgan fingerprint density at radius 2 is 1.96 bits per heavy atom. The molecular weight excluding hydrogens is 326 g/mol. The van der Waals surface area contributed by atoms with Crippen LogP contribution in [-0.4, -0.2) is 29.0 Å². The minimum atomic E-state index is -0.662. The number of nitrogen functional groups attached to an aromatic ring is 1. The first-order chi connectivity index (χ1) is 11.9. The van der Waals surface area contributed by atoms with Gasteiger partial charge in [-0.2, -0.15) is 0 Å². The van der Waals surface area contributed by atoms with Gasteiger partial charge in [0.2, 0.25) is 0 Å². The number of aromatic nitrogens is 1. The molecule has 0 fully saturated rings. The zero-order chi connectivity index (χ0) is 18.3. The molecule has 0 aliphatic carbocycles. The Hall–Kier alpha value is -3.42. The summed E-state index contributed by atoms with van der Waals surface area (Å²) in [7, 11) is 0. The topological polar surface area (TPSA) is 120 Å². The number of carbonyl (C=O) groups excluding carboxylic acids is 3. The van der Waals surface area contributed by atoms with Crippen LogP contribution in [0.2, 0.25) is 0 Å². The Balaban J connectivity index is 2.26. The molecule has 3 N–H and O–H groups in total. The number of esters is 1. The van der Waals surface area contributed by atoms with E-state index in [0.717, 1.165) is 10.6 Å². The summed E-state index contributed by atoms with van der Waals surface area (Å²) in [4.78, 5) is 48.2. The number of pyridine rings is 1. The molecule has 0 saturated carbocycles. The van der Waals surface area contributed by atoms with Gasteiger partial charge in [-0.3, -0.25) is 24.3 Å². The van der Waals surface area contributed by atoms with Gasteiger partial charge in [0.05, 0.1) is 29.0 Å². The van der Waals surface area contributed by atoms with Crippen LogP contribution >= 0.6 is 0 Å². The Labute approximate surface area is 142 Å². The Morgan fingerprint density at radius 1 is 1.24 bits per heavy atom. The molecule has 8 heteroatoms. The fourth-order valence-electron chi connectivity index (χ4n) is 2.82. The predicted octanol–water partition coefficient (Wildman–Crippen LogP) is 0.788. The van der Waals surface area contributed by atoms with E-state index in [1.165, 1.54) is 0 Å². The molecule has 0 bridgehead atoms. The number of imide groups is 1. The van der Waals surface area contributed by atoms with Crippen LogP contribution in [0.4, 0.5) is 5.82 Å². The van der Waals surface area contributed by atoms with Crippen LogP contribution < -0.4 is 16.6 Å². The van der Waals surface area contributed by atoms with Gasteiger partial charge in [-0.1, -0.05) is 6.07 Å². The quantitative estimate of drug-likeness (QED) is 0.629. The first kappa shape index (κ1) is 16.4. The number of hydrogen-bond acceptors (Lipinski definition) is 6. The van der Waals surface area contributed by atoms with Gasteiger partial charge in [0, 0.05) is 6.07 Å². The number of nitrogens with zero attached hydrogens (tertiary/aromatic N) is 1. The fourth-order valence-corrected chi connectivity index (χ4v) is 2.82. The number of hydrogen-bond donors (Lipinski definition) is 2. The van der Waals surface area contributed by atoms with Crippen molar-refractivity contribution >= 4 is 23.6 Å². The van der Waals surface area contributed by atoms with Crippen molar-refractivity contribution in [3.63, 3.8) is 0 Å². The molecule has 0 unspecified atom stereocenters. The normalized spacial score (nSPS) is 12.7. The maximum Gasteiger partial charge on any atom is 0.338 e. The third kappa shape index (κ3) is 2.47. The lowest BCUT2D eigenvalue weighted by Gasteiger charge is -2.16. The van der Waals surface area contributed by atoms with Crippen molar-refractivity contribution in [1.29, 1.82) is 0 Å². The summed E-state index contributed by atoms with van der Waals surface area (Å²) in [5.74, 6) is -2.00. The van der Waals surface area contributed by atoms with Crippen LogP contribution in [0.1, 0.15) is 43.6 Å². The van der Waals surface area contributed by atoms with E-state index in [0.29, 0.717) is 11.3 Å². The molecule has 8 nitrogen and oxygen atoms in total. The van der Waals surface area contributed by atoms with Crippen molar-refractivity contribution in [2.75, 3.05) is 12.3 Å². The third-order valence-electron chi connectivity index (χ3n) is 3.99. The van der Waals surface area contributed by atoms with Crippen LogP contribution in [0.3, 0.4) is 0 Å². The second-order valence-electron chi connectivity index (χ2n) is 5.45. The molecule has 0 atom stereocenters. The van der Waals surface area contributed by atoms with Crippen molar-refractivity contribution in [2.24, 2.45) is 0 Å². The average Bonchev–Trinajstić information content (AvgIpc) is 2.83. The minimum absolute atomic E-state index is 0.0504. The summed E-state index contributed by atoms with van der Waals surface area (Å²) >= 11 is 0. The Bertz CT molecular complexity index is 991. The first-order valence-electron chi connectivity index (χ1n) is 7.55. The predicted molar refractivity (Wildman–Crippen MR) is 88.9 cm³/mol. The molecule has 2 heterocycles. The minimum Gasteiger partial charge on any atom is -0.462 e. The van der Waals surface area contributed by atoms with Crippen molar-refractivity contribution < 1.29 is 19.1 Å². The van der Waals surface area contributed by atoms with Gasteiger partial charge in [-0.25, -0.2) is 4.79 Å². The van der Waals surface area contributed by atoms with Gasteiger partial charge in [0.25, 0.3) is 17.4 Å². The van der Waals surface area contributed by atoms with Crippen LogP contribution in [-0.2, 0) is 4.74 Å². The van der Waals surface area contributed by atoms with Crippen LogP contribution in [0, 0.1) is 6.92 Å². The maximum atomic E-state index is 12.5. The molecule has 1 aliphatic heterocycles. The summed E-state index contributed by atoms with van der Waals surface area (Å²) in [6.07, 6.45) is 0. The Kier molecular flexibility index (Phi) is 3.88. The van der Waals surface area contributed by atoms with E-state index in [1.807, 2.05) is 0 Å². The SMILES string of the molecule is CCOC(=O)c1cccc(-n2c(N)c3c(cc2=O)C(=O)NC3=O)c1C. The summed E-state index contributed by atoms with van der Waals surface area (Å²) in [5, 5.41) is 2.11. The molecule has 128 valence electrons. The van der Waals surface area contributed by atoms with Crippen molar-refractivity contribution in [2.45, 2.75) is 13.8 Å². The van der Waals surface area contributed by atoms with Gasteiger partial charge in [-0.15, -0.1) is 0 Å². The van der Waals surface area contributed by atoms with Crippen molar-refractivity contribution in [3.05, 3.63) is 56.9 Å². The second kappa shape index (κ2) is 5.90. The van der Waals surface area contributed by atoms with Crippen LogP contribution in [0.15, 0.2) is 29.1 Å². The number of rotatable bonds is 3. The van der Waals surface area contributed by atoms with E-state index in [4.69, 9.17) is 10.5 Å². The number of ether oxygens (including phenoxy) is 1. The molecule has 0 radical (unpaired) electrons. The van der Waals surface area contributed by atoms with Gasteiger partial charge in [0.15, 0.2) is 0 Å². The summed E-state index contributed by atoms with van der Waals surface area (Å²) in [6.45, 7) is 3.55. The maximum absolute atomic E-state index is 12.5. The van der Waals surface area contributed by atoms with E-state index < -0.39 is 23.3 Å². The lowest BCUT2D eigenvalue weighted by Crippen LogP contribution is -2.25. The van der Waals surface area contributed by atoms with Gasteiger partial charge < -0.3 is 10.5 Å². The monoisotopic (exact) mass is 341 g/mol. The van der Waals surface area contributed by atoms with Gasteiger partial charge >= 0.3 is 5.97 Å². The number of anilines is 1. The van der Waals surface area contributed by atoms with E-state index in [-0.39, 0.29) is 29.1 Å². The van der Waals surface area contributed by atoms with Gasteiger partial charge in [0.1, 0.15) is 5.82 Å². The van der Waals surface area contributed by atoms with E-state index in [2.05, 4.69) is 5.32 Å². The molecule has 1 aliphatic rings. The number of nitrogens with two attached hydrogens (primary N) is 1. The number of benzene rings is 1. The first-order valence-corrected chi connectivity index (χ1v) is 7.55. The largest absolute Gasteiger partial charge is 0.462 e. The van der Waals surface area contributed by atoms with E-state index in [9.17, 15) is 19.2 Å². The van der Waals surface area contributed by atoms with Crippen molar-refractivity contribution in [3.8, 4) is 5.69 Å². The second-order valence-corrected chi connectivity index (χ2v) is 5.45. The van der Waals surface area contributed by atoms with E-state index in [1.54, 1.807) is 32.0 Å². The Morgan fingerprint density at radius 3 is 2.64 bits per heavy atom. The molecule has 1 aromatic heterocycles. The average molecular weight is 341 g/mol. The molecular formula is C17H15N3O5. The van der Waals surface area contributed by atoms with Crippen LogP contribution in [0.25, 0.3) is 5.69 Å². The summed E-state index contributed by atoms with van der Waals surface area (Å²) in [6, 6.07) is 5.81. The smallest absolute Gasteiger partial charge is 0.338 e. The highest BCUT2D eigenvalue weighted by atomic mass is 16.5. The van der Waals surface area contributed by atoms with Crippen molar-refractivity contribution in [1.82, 2.24) is 9.88 Å². The van der Waals surface area contributed by atoms with Gasteiger partial charge in [-0.05, 0) is 31.5 Å². The molecule has 25 heavy (non-hydrogen) atoms. The highest BCUT2D eigenvalue weighted by Crippen LogP contribution is 2.25. The molecule has 2 amide bonds. The van der Waals surface area contributed by atoms with E-state index >= 15 is 0 Å². The molecule has 1 aromatic carbocycles. The molecule has 2 aromatic rings. The third-order valence-corrected chi connectivity index (χ3v) is 3.99. The lowest BCUT2D eigenvalue weighted by molar-refractivity contribution is 0.0525. The fraction of sp³-hybridized carbons (Fsp3) is 0.176. The van der Waals surface area contributed by atoms with Crippen LogP contribution in [0.5, 0.6) is 0 Å². The highest BCUT2D eigenvalue weighted by molar-refractivity contribution is 6.23. The number of fused-ring (bicyclic) bond motifs is 1. The standard InChI is InChI=1S/C17H15N3O5/c1-3-25-17(24)9-5-4-6-11(8(9)2)20-12(21)7-10-13(14(20)18)16(23)19-15(10)22/h4-7H,3,18H2,1-2H3,(H,19,22,23). The number of nitrogens with one attached hydrogen (secondary N) is 1. The number of amides is 2. The zero-order valence-corrected chi connectivity index (χ0v) is 13.6.